The Balaban J connectivity index is 2.77. The molecule has 92 valence electrons. The van der Waals surface area contributed by atoms with E-state index in [0.717, 1.165) is 16.7 Å². The van der Waals surface area contributed by atoms with Crippen molar-refractivity contribution in [1.82, 2.24) is 9.97 Å². The smallest absolute Gasteiger partial charge is 0.339 e. The number of H-pyrrole nitrogens is 1. The zero-order valence-electron chi connectivity index (χ0n) is 10.0. The number of hydrogen-bond acceptors (Lipinski definition) is 3. The highest BCUT2D eigenvalue weighted by Crippen LogP contribution is 2.25. The van der Waals surface area contributed by atoms with E-state index in [9.17, 15) is 9.90 Å². The van der Waals surface area contributed by atoms with Crippen molar-refractivity contribution in [2.45, 2.75) is 13.8 Å². The van der Waals surface area contributed by atoms with Gasteiger partial charge in [-0.25, -0.2) is 9.78 Å². The minimum Gasteiger partial charge on any atom is -0.478 e. The van der Waals surface area contributed by atoms with Crippen LogP contribution in [-0.4, -0.2) is 21.0 Å². The highest BCUT2D eigenvalue weighted by Gasteiger charge is 2.14. The number of hydrogen-bond donors (Lipinski definition) is 2. The molecule has 1 aromatic heterocycles. The number of carboxylic acids is 1. The highest BCUT2D eigenvalue weighted by molar-refractivity contribution is 7.71. The van der Waals surface area contributed by atoms with Crippen LogP contribution in [0.5, 0.6) is 0 Å². The predicted octanol–water partition coefficient (Wildman–Crippen LogP) is 3.12. The summed E-state index contributed by atoms with van der Waals surface area (Å²) in [5, 5.41) is 9.18. The van der Waals surface area contributed by atoms with E-state index in [1.807, 2.05) is 32.0 Å². The monoisotopic (exact) mass is 260 g/mol. The van der Waals surface area contributed by atoms with Crippen LogP contribution in [-0.2, 0) is 0 Å². The zero-order chi connectivity index (χ0) is 13.3. The number of carbonyl (C=O) groups is 1. The molecule has 0 fully saturated rings. The van der Waals surface area contributed by atoms with E-state index in [1.165, 1.54) is 6.20 Å². The number of benzene rings is 1. The fraction of sp³-hybridized carbons (Fsp3) is 0.154. The van der Waals surface area contributed by atoms with E-state index >= 15 is 0 Å². The van der Waals surface area contributed by atoms with Gasteiger partial charge in [0.05, 0.1) is 5.69 Å². The summed E-state index contributed by atoms with van der Waals surface area (Å²) < 4.78 is 0.274. The van der Waals surface area contributed by atoms with Gasteiger partial charge in [-0.1, -0.05) is 17.7 Å². The Morgan fingerprint density at radius 2 is 2.11 bits per heavy atom. The third-order valence-corrected chi connectivity index (χ3v) is 2.91. The number of carboxylic acid groups (broad SMARTS) is 1. The lowest BCUT2D eigenvalue weighted by Crippen LogP contribution is -2.04. The first-order valence-corrected chi connectivity index (χ1v) is 5.80. The summed E-state index contributed by atoms with van der Waals surface area (Å²) in [6, 6.07) is 5.87. The second kappa shape index (κ2) is 4.70. The maximum atomic E-state index is 11.2. The van der Waals surface area contributed by atoms with Gasteiger partial charge in [0.2, 0.25) is 0 Å². The molecule has 0 aliphatic rings. The van der Waals surface area contributed by atoms with Crippen LogP contribution in [0.15, 0.2) is 24.4 Å². The molecular formula is C13H12N2O2S. The third kappa shape index (κ3) is 2.31. The predicted molar refractivity (Wildman–Crippen MR) is 71.3 cm³/mol. The van der Waals surface area contributed by atoms with Crippen molar-refractivity contribution in [3.8, 4) is 11.3 Å². The lowest BCUT2D eigenvalue weighted by molar-refractivity contribution is 0.0697. The molecule has 0 spiro atoms. The number of aromatic amines is 1. The quantitative estimate of drug-likeness (QED) is 0.814. The van der Waals surface area contributed by atoms with Gasteiger partial charge in [0.25, 0.3) is 0 Å². The van der Waals surface area contributed by atoms with E-state index in [4.69, 9.17) is 12.2 Å². The molecule has 0 aliphatic carbocycles. The second-order valence-corrected chi connectivity index (χ2v) is 4.49. The average Bonchev–Trinajstić information content (AvgIpc) is 2.31. The summed E-state index contributed by atoms with van der Waals surface area (Å²) >= 11 is 4.96. The molecule has 0 radical (unpaired) electrons. The first-order chi connectivity index (χ1) is 8.49. The number of nitrogens with zero attached hydrogens (tertiary/aromatic N) is 1. The standard InChI is InChI=1S/C13H12N2O2S/c1-7-3-4-8(2)9(5-7)11-10(12(16)17)6-14-13(18)15-11/h3-6H,1-2H3,(H,16,17)(H,14,15,18). The topological polar surface area (TPSA) is 66.0 Å². The van der Waals surface area contributed by atoms with Gasteiger partial charge in [0.15, 0.2) is 4.77 Å². The second-order valence-electron chi connectivity index (χ2n) is 4.10. The molecule has 0 unspecified atom stereocenters. The number of aromatic nitrogens is 2. The molecule has 1 heterocycles. The molecule has 2 N–H and O–H groups in total. The molecule has 2 rings (SSSR count). The molecule has 0 saturated heterocycles. The Bertz CT molecular complexity index is 677. The van der Waals surface area contributed by atoms with Gasteiger partial charge in [0.1, 0.15) is 5.56 Å². The van der Waals surface area contributed by atoms with Crippen LogP contribution in [0, 0.1) is 18.6 Å². The molecule has 1 aromatic carbocycles. The molecule has 0 atom stereocenters. The fourth-order valence-electron chi connectivity index (χ4n) is 1.77. The highest BCUT2D eigenvalue weighted by atomic mass is 32.1. The van der Waals surface area contributed by atoms with Crippen LogP contribution in [0.1, 0.15) is 21.5 Å². The maximum absolute atomic E-state index is 11.2. The van der Waals surface area contributed by atoms with Gasteiger partial charge in [-0.05, 0) is 37.7 Å². The van der Waals surface area contributed by atoms with Gasteiger partial charge >= 0.3 is 5.97 Å². The molecule has 0 saturated carbocycles. The molecule has 2 aromatic rings. The third-order valence-electron chi connectivity index (χ3n) is 2.70. The van der Waals surface area contributed by atoms with Gasteiger partial charge in [-0.15, -0.1) is 0 Å². The first kappa shape index (κ1) is 12.4. The number of nitrogens with one attached hydrogen (secondary N) is 1. The van der Waals surface area contributed by atoms with Crippen molar-refractivity contribution in [3.63, 3.8) is 0 Å². The van der Waals surface area contributed by atoms with Crippen molar-refractivity contribution >= 4 is 18.2 Å². The first-order valence-electron chi connectivity index (χ1n) is 5.39. The fourth-order valence-corrected chi connectivity index (χ4v) is 1.93. The van der Waals surface area contributed by atoms with Gasteiger partial charge in [-0.2, -0.15) is 0 Å². The van der Waals surface area contributed by atoms with E-state index in [0.29, 0.717) is 5.69 Å². The molecular weight excluding hydrogens is 248 g/mol. The van der Waals surface area contributed by atoms with Gasteiger partial charge in [0, 0.05) is 11.8 Å². The largest absolute Gasteiger partial charge is 0.478 e. The molecule has 18 heavy (non-hydrogen) atoms. The van der Waals surface area contributed by atoms with Crippen LogP contribution in [0.2, 0.25) is 0 Å². The molecule has 4 nitrogen and oxygen atoms in total. The van der Waals surface area contributed by atoms with Gasteiger partial charge in [-0.3, -0.25) is 0 Å². The van der Waals surface area contributed by atoms with E-state index in [-0.39, 0.29) is 10.3 Å². The minimum atomic E-state index is -1.02. The van der Waals surface area contributed by atoms with Crippen molar-refractivity contribution in [2.75, 3.05) is 0 Å². The summed E-state index contributed by atoms with van der Waals surface area (Å²) in [5.41, 5.74) is 3.50. The SMILES string of the molecule is Cc1ccc(C)c(-c2[nH]c(=S)ncc2C(=O)O)c1. The van der Waals surface area contributed by atoms with Crippen molar-refractivity contribution in [3.05, 3.63) is 45.9 Å². The van der Waals surface area contributed by atoms with Crippen LogP contribution >= 0.6 is 12.2 Å². The normalized spacial score (nSPS) is 10.3. The van der Waals surface area contributed by atoms with Crippen molar-refractivity contribution in [1.29, 1.82) is 0 Å². The Labute approximate surface area is 109 Å². The number of aromatic carboxylic acids is 1. The maximum Gasteiger partial charge on any atom is 0.339 e. The molecule has 0 bridgehead atoms. The molecule has 0 aliphatic heterocycles. The molecule has 0 amide bonds. The number of aryl methyl sites for hydroxylation is 2. The molecule has 5 heteroatoms. The Morgan fingerprint density at radius 3 is 2.78 bits per heavy atom. The lowest BCUT2D eigenvalue weighted by Gasteiger charge is -2.10. The number of rotatable bonds is 2. The summed E-state index contributed by atoms with van der Waals surface area (Å²) in [6.07, 6.45) is 1.29. The van der Waals surface area contributed by atoms with E-state index in [1.54, 1.807) is 0 Å². The van der Waals surface area contributed by atoms with Crippen LogP contribution < -0.4 is 0 Å². The van der Waals surface area contributed by atoms with Gasteiger partial charge < -0.3 is 10.1 Å². The van der Waals surface area contributed by atoms with Crippen LogP contribution in [0.3, 0.4) is 0 Å². The van der Waals surface area contributed by atoms with E-state index < -0.39 is 5.97 Å². The van der Waals surface area contributed by atoms with E-state index in [2.05, 4.69) is 9.97 Å². The Morgan fingerprint density at radius 1 is 1.39 bits per heavy atom. The minimum absolute atomic E-state index is 0.123. The van der Waals surface area contributed by atoms with Crippen LogP contribution in [0.25, 0.3) is 11.3 Å². The van der Waals surface area contributed by atoms with Crippen molar-refractivity contribution in [2.24, 2.45) is 0 Å². The zero-order valence-corrected chi connectivity index (χ0v) is 10.8. The Hall–Kier alpha value is -2.01. The summed E-state index contributed by atoms with van der Waals surface area (Å²) in [4.78, 5) is 17.9. The summed E-state index contributed by atoms with van der Waals surface area (Å²) in [7, 11) is 0. The summed E-state index contributed by atoms with van der Waals surface area (Å²) in [6.45, 7) is 3.89. The average molecular weight is 260 g/mol. The van der Waals surface area contributed by atoms with Crippen LogP contribution in [0.4, 0.5) is 0 Å². The Kier molecular flexibility index (Phi) is 3.25. The lowest BCUT2D eigenvalue weighted by atomic mass is 10.00. The summed E-state index contributed by atoms with van der Waals surface area (Å²) in [5.74, 6) is -1.02. The van der Waals surface area contributed by atoms with Crippen molar-refractivity contribution < 1.29 is 9.90 Å².